The van der Waals surface area contributed by atoms with Crippen LogP contribution in [0.15, 0.2) is 30.3 Å². The second kappa shape index (κ2) is 6.37. The molecule has 0 aromatic heterocycles. The maximum absolute atomic E-state index is 11.9. The van der Waals surface area contributed by atoms with Gasteiger partial charge in [0.15, 0.2) is 9.84 Å². The number of nitrogens with one attached hydrogen (secondary N) is 1. The van der Waals surface area contributed by atoms with Gasteiger partial charge in [-0.3, -0.25) is 4.79 Å². The number of benzene rings is 1. The summed E-state index contributed by atoms with van der Waals surface area (Å²) in [7, 11) is -2.89. The summed E-state index contributed by atoms with van der Waals surface area (Å²) in [5, 5.41) is 2.75. The van der Waals surface area contributed by atoms with Gasteiger partial charge in [-0.05, 0) is 24.3 Å². The molecule has 1 fully saturated rings. The van der Waals surface area contributed by atoms with E-state index in [2.05, 4.69) is 5.32 Å². The zero-order valence-corrected chi connectivity index (χ0v) is 12.1. The zero-order chi connectivity index (χ0) is 14.6. The van der Waals surface area contributed by atoms with E-state index in [0.29, 0.717) is 19.4 Å². The zero-order valence-electron chi connectivity index (χ0n) is 11.3. The highest BCUT2D eigenvalue weighted by atomic mass is 32.2. The van der Waals surface area contributed by atoms with Gasteiger partial charge in [-0.25, -0.2) is 8.42 Å². The molecule has 3 N–H and O–H groups in total. The Bertz CT molecular complexity index is 557. The smallest absolute Gasteiger partial charge is 0.237 e. The van der Waals surface area contributed by atoms with Gasteiger partial charge in [-0.15, -0.1) is 0 Å². The van der Waals surface area contributed by atoms with Gasteiger partial charge in [0.1, 0.15) is 0 Å². The number of carbonyl (C=O) groups excluding carboxylic acids is 1. The molecular weight excluding hydrogens is 276 g/mol. The molecule has 110 valence electrons. The van der Waals surface area contributed by atoms with Crippen molar-refractivity contribution in [2.24, 2.45) is 11.7 Å². The Kier molecular flexibility index (Phi) is 4.77. The summed E-state index contributed by atoms with van der Waals surface area (Å²) in [6.07, 6.45) is 1.10. The van der Waals surface area contributed by atoms with Crippen molar-refractivity contribution in [1.29, 1.82) is 0 Å². The van der Waals surface area contributed by atoms with Crippen LogP contribution in [0.4, 0.5) is 0 Å². The van der Waals surface area contributed by atoms with E-state index in [1.165, 1.54) is 0 Å². The summed E-state index contributed by atoms with van der Waals surface area (Å²) in [5.41, 5.74) is 6.87. The summed E-state index contributed by atoms with van der Waals surface area (Å²) < 4.78 is 22.6. The number of sulfone groups is 1. The van der Waals surface area contributed by atoms with Crippen LogP contribution in [0.25, 0.3) is 0 Å². The van der Waals surface area contributed by atoms with E-state index in [4.69, 9.17) is 5.73 Å². The van der Waals surface area contributed by atoms with Crippen molar-refractivity contribution < 1.29 is 13.2 Å². The second-order valence-corrected chi connectivity index (χ2v) is 7.54. The monoisotopic (exact) mass is 296 g/mol. The van der Waals surface area contributed by atoms with Gasteiger partial charge in [0.2, 0.25) is 5.91 Å². The van der Waals surface area contributed by atoms with Crippen molar-refractivity contribution in [3.8, 4) is 0 Å². The Balaban J connectivity index is 1.77. The lowest BCUT2D eigenvalue weighted by molar-refractivity contribution is -0.122. The number of hydrogen-bond donors (Lipinski definition) is 2. The van der Waals surface area contributed by atoms with E-state index in [1.807, 2.05) is 30.3 Å². The van der Waals surface area contributed by atoms with E-state index < -0.39 is 15.9 Å². The number of hydrogen-bond acceptors (Lipinski definition) is 4. The molecule has 0 bridgehead atoms. The van der Waals surface area contributed by atoms with Crippen LogP contribution in [-0.4, -0.2) is 38.4 Å². The van der Waals surface area contributed by atoms with Crippen LogP contribution in [0.5, 0.6) is 0 Å². The maximum atomic E-state index is 11.9. The molecule has 1 aromatic rings. The first kappa shape index (κ1) is 15.0. The molecule has 0 radical (unpaired) electrons. The predicted octanol–water partition coefficient (Wildman–Crippen LogP) is 0.107. The summed E-state index contributed by atoms with van der Waals surface area (Å²) in [5.74, 6) is 0.191. The number of nitrogens with two attached hydrogens (primary N) is 1. The summed E-state index contributed by atoms with van der Waals surface area (Å²) in [4.78, 5) is 11.9. The van der Waals surface area contributed by atoms with Crippen LogP contribution >= 0.6 is 0 Å². The molecule has 6 heteroatoms. The predicted molar refractivity (Wildman–Crippen MR) is 77.9 cm³/mol. The first-order chi connectivity index (χ1) is 9.46. The molecule has 1 amide bonds. The average molecular weight is 296 g/mol. The Morgan fingerprint density at radius 3 is 2.65 bits per heavy atom. The first-order valence-corrected chi connectivity index (χ1v) is 8.56. The van der Waals surface area contributed by atoms with Gasteiger partial charge in [-0.1, -0.05) is 30.3 Å². The fourth-order valence-corrected chi connectivity index (χ4v) is 4.23. The van der Waals surface area contributed by atoms with Crippen LogP contribution in [-0.2, 0) is 21.1 Å². The van der Waals surface area contributed by atoms with E-state index in [0.717, 1.165) is 5.56 Å². The lowest BCUT2D eigenvalue weighted by Gasteiger charge is -2.14. The van der Waals surface area contributed by atoms with Gasteiger partial charge in [0.25, 0.3) is 0 Å². The number of rotatable bonds is 5. The molecule has 1 aliphatic heterocycles. The summed E-state index contributed by atoms with van der Waals surface area (Å²) in [6, 6.07) is 8.98. The maximum Gasteiger partial charge on any atom is 0.237 e. The molecule has 2 atom stereocenters. The molecule has 2 rings (SSSR count). The molecular formula is C14H20N2O3S. The van der Waals surface area contributed by atoms with Gasteiger partial charge in [0.05, 0.1) is 17.5 Å². The Labute approximate surface area is 119 Å². The van der Waals surface area contributed by atoms with Crippen LogP contribution in [0.3, 0.4) is 0 Å². The third kappa shape index (κ3) is 4.31. The van der Waals surface area contributed by atoms with Crippen molar-refractivity contribution in [3.05, 3.63) is 35.9 Å². The van der Waals surface area contributed by atoms with Crippen LogP contribution < -0.4 is 11.1 Å². The Morgan fingerprint density at radius 1 is 1.35 bits per heavy atom. The quantitative estimate of drug-likeness (QED) is 0.807. The second-order valence-electron chi connectivity index (χ2n) is 5.31. The van der Waals surface area contributed by atoms with E-state index in [1.54, 1.807) is 0 Å². The normalized spacial score (nSPS) is 22.4. The van der Waals surface area contributed by atoms with Crippen molar-refractivity contribution in [2.45, 2.75) is 18.9 Å². The SMILES string of the molecule is NC(Cc1ccccc1)C(=O)NCC1CCS(=O)(=O)C1. The topological polar surface area (TPSA) is 89.3 Å². The first-order valence-electron chi connectivity index (χ1n) is 6.74. The lowest BCUT2D eigenvalue weighted by Crippen LogP contribution is -2.43. The number of carbonyl (C=O) groups is 1. The molecule has 2 unspecified atom stereocenters. The summed E-state index contributed by atoms with van der Waals surface area (Å²) in [6.45, 7) is 0.389. The van der Waals surface area contributed by atoms with E-state index in [-0.39, 0.29) is 23.3 Å². The van der Waals surface area contributed by atoms with Crippen LogP contribution in [0.1, 0.15) is 12.0 Å². The molecule has 5 nitrogen and oxygen atoms in total. The largest absolute Gasteiger partial charge is 0.354 e. The van der Waals surface area contributed by atoms with Gasteiger partial charge >= 0.3 is 0 Å². The van der Waals surface area contributed by atoms with Crippen LogP contribution in [0.2, 0.25) is 0 Å². The molecule has 0 saturated carbocycles. The van der Waals surface area contributed by atoms with Crippen molar-refractivity contribution in [3.63, 3.8) is 0 Å². The Morgan fingerprint density at radius 2 is 2.05 bits per heavy atom. The minimum Gasteiger partial charge on any atom is -0.354 e. The minimum atomic E-state index is -2.89. The minimum absolute atomic E-state index is 0.0212. The third-order valence-electron chi connectivity index (χ3n) is 3.53. The van der Waals surface area contributed by atoms with Crippen molar-refractivity contribution in [2.75, 3.05) is 18.1 Å². The highest BCUT2D eigenvalue weighted by molar-refractivity contribution is 7.91. The van der Waals surface area contributed by atoms with Crippen LogP contribution in [0, 0.1) is 5.92 Å². The van der Waals surface area contributed by atoms with E-state index >= 15 is 0 Å². The standard InChI is InChI=1S/C14H20N2O3S/c15-13(8-11-4-2-1-3-5-11)14(17)16-9-12-6-7-20(18,19)10-12/h1-5,12-13H,6-10,15H2,(H,16,17). The van der Waals surface area contributed by atoms with E-state index in [9.17, 15) is 13.2 Å². The molecule has 0 aliphatic carbocycles. The third-order valence-corrected chi connectivity index (χ3v) is 5.36. The highest BCUT2D eigenvalue weighted by Crippen LogP contribution is 2.17. The molecule has 0 spiro atoms. The molecule has 20 heavy (non-hydrogen) atoms. The fraction of sp³-hybridized carbons (Fsp3) is 0.500. The molecule has 1 aromatic carbocycles. The highest BCUT2D eigenvalue weighted by Gasteiger charge is 2.28. The van der Waals surface area contributed by atoms with Gasteiger partial charge in [-0.2, -0.15) is 0 Å². The molecule has 1 saturated heterocycles. The lowest BCUT2D eigenvalue weighted by atomic mass is 10.1. The Hall–Kier alpha value is -1.40. The summed E-state index contributed by atoms with van der Waals surface area (Å²) >= 11 is 0. The van der Waals surface area contributed by atoms with Gasteiger partial charge < -0.3 is 11.1 Å². The number of amides is 1. The molecule has 1 aliphatic rings. The average Bonchev–Trinajstić information content (AvgIpc) is 2.76. The van der Waals surface area contributed by atoms with Gasteiger partial charge in [0, 0.05) is 6.54 Å². The molecule has 1 heterocycles. The van der Waals surface area contributed by atoms with Crippen molar-refractivity contribution >= 4 is 15.7 Å². The van der Waals surface area contributed by atoms with Crippen molar-refractivity contribution in [1.82, 2.24) is 5.32 Å². The fourth-order valence-electron chi connectivity index (χ4n) is 2.37.